The van der Waals surface area contributed by atoms with Crippen molar-refractivity contribution in [2.45, 2.75) is 11.7 Å². The summed E-state index contributed by atoms with van der Waals surface area (Å²) >= 11 is 4.46. The number of imide groups is 1. The standard InChI is InChI=1S/C20H17BrN2O5S/c1-28-20(27)12-5-7-15(8-6-12)23-18(25)10-16(19(23)26)29-11-17(24)22-14-4-2-3-13(21)9-14/h2-9,16H,10-11H2,1H3,(H,22,24)/t16-/m0/s1. The Hall–Kier alpha value is -2.65. The van der Waals surface area contributed by atoms with Crippen molar-refractivity contribution in [1.29, 1.82) is 0 Å². The number of thioether (sulfide) groups is 1. The van der Waals surface area contributed by atoms with Crippen molar-refractivity contribution >= 4 is 62.8 Å². The van der Waals surface area contributed by atoms with Crippen LogP contribution in [-0.4, -0.2) is 41.8 Å². The smallest absolute Gasteiger partial charge is 0.337 e. The van der Waals surface area contributed by atoms with Gasteiger partial charge in [-0.15, -0.1) is 11.8 Å². The Labute approximate surface area is 179 Å². The molecule has 1 atom stereocenters. The molecule has 1 fully saturated rings. The first kappa shape index (κ1) is 21.1. The topological polar surface area (TPSA) is 92.8 Å². The summed E-state index contributed by atoms with van der Waals surface area (Å²) < 4.78 is 5.48. The van der Waals surface area contributed by atoms with Crippen molar-refractivity contribution in [3.8, 4) is 0 Å². The molecule has 0 aliphatic carbocycles. The van der Waals surface area contributed by atoms with E-state index in [1.165, 1.54) is 31.4 Å². The van der Waals surface area contributed by atoms with Crippen LogP contribution in [0.5, 0.6) is 0 Å². The van der Waals surface area contributed by atoms with Crippen molar-refractivity contribution in [2.24, 2.45) is 0 Å². The SMILES string of the molecule is COC(=O)c1ccc(N2C(=O)C[C@H](SCC(=O)Nc3cccc(Br)c3)C2=O)cc1. The summed E-state index contributed by atoms with van der Waals surface area (Å²) in [6.07, 6.45) is 0.0203. The number of rotatable bonds is 6. The lowest BCUT2D eigenvalue weighted by atomic mass is 10.2. The summed E-state index contributed by atoms with van der Waals surface area (Å²) in [6.45, 7) is 0. The van der Waals surface area contributed by atoms with Crippen LogP contribution in [0, 0.1) is 0 Å². The average Bonchev–Trinajstić information content (AvgIpc) is 2.99. The van der Waals surface area contributed by atoms with Gasteiger partial charge >= 0.3 is 5.97 Å². The van der Waals surface area contributed by atoms with Gasteiger partial charge < -0.3 is 10.1 Å². The fraction of sp³-hybridized carbons (Fsp3) is 0.200. The van der Waals surface area contributed by atoms with E-state index in [2.05, 4.69) is 26.0 Å². The third-order valence-electron chi connectivity index (χ3n) is 4.18. The first-order valence-corrected chi connectivity index (χ1v) is 10.5. The molecule has 2 aromatic carbocycles. The molecule has 0 aromatic heterocycles. The number of amides is 3. The Balaban J connectivity index is 1.60. The number of hydrogen-bond donors (Lipinski definition) is 1. The van der Waals surface area contributed by atoms with E-state index in [-0.39, 0.29) is 29.9 Å². The van der Waals surface area contributed by atoms with E-state index in [1.807, 2.05) is 6.07 Å². The van der Waals surface area contributed by atoms with Crippen molar-refractivity contribution in [1.82, 2.24) is 0 Å². The summed E-state index contributed by atoms with van der Waals surface area (Å²) in [5, 5.41) is 2.13. The Kier molecular flexibility index (Phi) is 6.71. The molecule has 1 aliphatic rings. The molecule has 0 unspecified atom stereocenters. The van der Waals surface area contributed by atoms with Gasteiger partial charge in [0, 0.05) is 16.6 Å². The Morgan fingerprint density at radius 2 is 1.93 bits per heavy atom. The van der Waals surface area contributed by atoms with Crippen LogP contribution in [0.1, 0.15) is 16.8 Å². The van der Waals surface area contributed by atoms with Crippen LogP contribution in [0.3, 0.4) is 0 Å². The van der Waals surface area contributed by atoms with Gasteiger partial charge in [-0.3, -0.25) is 14.4 Å². The van der Waals surface area contributed by atoms with Gasteiger partial charge in [0.25, 0.3) is 0 Å². The zero-order valence-corrected chi connectivity index (χ0v) is 17.8. The molecule has 0 radical (unpaired) electrons. The number of nitrogens with zero attached hydrogens (tertiary/aromatic N) is 1. The molecule has 3 rings (SSSR count). The lowest BCUT2D eigenvalue weighted by molar-refractivity contribution is -0.121. The van der Waals surface area contributed by atoms with Gasteiger partial charge in [-0.1, -0.05) is 22.0 Å². The van der Waals surface area contributed by atoms with Gasteiger partial charge in [-0.25, -0.2) is 9.69 Å². The maximum absolute atomic E-state index is 12.7. The quantitative estimate of drug-likeness (QED) is 0.508. The highest BCUT2D eigenvalue weighted by atomic mass is 79.9. The van der Waals surface area contributed by atoms with Crippen molar-refractivity contribution < 1.29 is 23.9 Å². The summed E-state index contributed by atoms with van der Waals surface area (Å²) in [7, 11) is 1.28. The van der Waals surface area contributed by atoms with E-state index >= 15 is 0 Å². The van der Waals surface area contributed by atoms with E-state index in [0.29, 0.717) is 16.9 Å². The molecular weight excluding hydrogens is 460 g/mol. The van der Waals surface area contributed by atoms with E-state index in [1.54, 1.807) is 18.2 Å². The van der Waals surface area contributed by atoms with E-state index in [0.717, 1.165) is 21.1 Å². The lowest BCUT2D eigenvalue weighted by Gasteiger charge is -2.15. The van der Waals surface area contributed by atoms with Gasteiger partial charge in [0.05, 0.1) is 29.4 Å². The van der Waals surface area contributed by atoms with Crippen LogP contribution < -0.4 is 10.2 Å². The minimum absolute atomic E-state index is 0.0203. The number of nitrogens with one attached hydrogen (secondary N) is 1. The molecule has 0 saturated carbocycles. The average molecular weight is 477 g/mol. The second-order valence-corrected chi connectivity index (χ2v) is 8.27. The first-order chi connectivity index (χ1) is 13.9. The van der Waals surface area contributed by atoms with Gasteiger partial charge in [-0.05, 0) is 42.5 Å². The number of anilines is 2. The lowest BCUT2D eigenvalue weighted by Crippen LogP contribution is -2.31. The molecule has 9 heteroatoms. The molecule has 150 valence electrons. The van der Waals surface area contributed by atoms with Gasteiger partial charge in [0.1, 0.15) is 0 Å². The fourth-order valence-electron chi connectivity index (χ4n) is 2.81. The molecule has 1 saturated heterocycles. The zero-order chi connectivity index (χ0) is 21.0. The van der Waals surface area contributed by atoms with Crippen molar-refractivity contribution in [2.75, 3.05) is 23.1 Å². The molecule has 0 bridgehead atoms. The largest absolute Gasteiger partial charge is 0.465 e. The van der Waals surface area contributed by atoms with Crippen LogP contribution in [0.2, 0.25) is 0 Å². The molecule has 1 heterocycles. The number of carbonyl (C=O) groups excluding carboxylic acids is 4. The predicted molar refractivity (Wildman–Crippen MR) is 114 cm³/mol. The van der Waals surface area contributed by atoms with E-state index < -0.39 is 11.2 Å². The van der Waals surface area contributed by atoms with Crippen LogP contribution >= 0.6 is 27.7 Å². The molecule has 1 N–H and O–H groups in total. The van der Waals surface area contributed by atoms with Crippen molar-refractivity contribution in [3.05, 3.63) is 58.6 Å². The molecule has 29 heavy (non-hydrogen) atoms. The summed E-state index contributed by atoms with van der Waals surface area (Å²) in [5.74, 6) is -1.42. The van der Waals surface area contributed by atoms with Gasteiger partial charge in [0.15, 0.2) is 0 Å². The monoisotopic (exact) mass is 476 g/mol. The van der Waals surface area contributed by atoms with E-state index in [9.17, 15) is 19.2 Å². The maximum atomic E-state index is 12.7. The number of esters is 1. The zero-order valence-electron chi connectivity index (χ0n) is 15.4. The van der Waals surface area contributed by atoms with Crippen LogP contribution in [0.25, 0.3) is 0 Å². The number of ether oxygens (including phenoxy) is 1. The minimum Gasteiger partial charge on any atom is -0.465 e. The number of carbonyl (C=O) groups is 4. The highest BCUT2D eigenvalue weighted by Gasteiger charge is 2.40. The van der Waals surface area contributed by atoms with Crippen LogP contribution in [-0.2, 0) is 19.1 Å². The second kappa shape index (κ2) is 9.23. The summed E-state index contributed by atoms with van der Waals surface area (Å²) in [4.78, 5) is 49.7. The molecular formula is C20H17BrN2O5S. The normalized spacial score (nSPS) is 16.1. The van der Waals surface area contributed by atoms with Crippen LogP contribution in [0.4, 0.5) is 11.4 Å². The van der Waals surface area contributed by atoms with Crippen molar-refractivity contribution in [3.63, 3.8) is 0 Å². The number of hydrogen-bond acceptors (Lipinski definition) is 6. The predicted octanol–water partition coefficient (Wildman–Crippen LogP) is 3.24. The molecule has 3 amide bonds. The third kappa shape index (κ3) is 5.04. The van der Waals surface area contributed by atoms with E-state index in [4.69, 9.17) is 0 Å². The highest BCUT2D eigenvalue weighted by Crippen LogP contribution is 2.30. The Morgan fingerprint density at radius 3 is 2.59 bits per heavy atom. The number of halogens is 1. The Bertz CT molecular complexity index is 964. The second-order valence-electron chi connectivity index (χ2n) is 6.17. The summed E-state index contributed by atoms with van der Waals surface area (Å²) in [5.41, 5.74) is 1.35. The molecule has 0 spiro atoms. The maximum Gasteiger partial charge on any atom is 0.337 e. The molecule has 7 nitrogen and oxygen atoms in total. The Morgan fingerprint density at radius 1 is 1.21 bits per heavy atom. The fourth-order valence-corrected chi connectivity index (χ4v) is 4.14. The highest BCUT2D eigenvalue weighted by molar-refractivity contribution is 9.10. The first-order valence-electron chi connectivity index (χ1n) is 8.61. The molecule has 2 aromatic rings. The number of methoxy groups -OCH3 is 1. The third-order valence-corrected chi connectivity index (χ3v) is 5.87. The van der Waals surface area contributed by atoms with Gasteiger partial charge in [-0.2, -0.15) is 0 Å². The number of benzene rings is 2. The van der Waals surface area contributed by atoms with Gasteiger partial charge in [0.2, 0.25) is 17.7 Å². The minimum atomic E-state index is -0.629. The molecule has 1 aliphatic heterocycles. The van der Waals surface area contributed by atoms with Crippen LogP contribution in [0.15, 0.2) is 53.0 Å². The summed E-state index contributed by atoms with van der Waals surface area (Å²) in [6, 6.07) is 13.2.